The van der Waals surface area contributed by atoms with Crippen LogP contribution in [0.15, 0.2) is 48.5 Å². The van der Waals surface area contributed by atoms with E-state index in [0.29, 0.717) is 24.4 Å². The number of ether oxygens (including phenoxy) is 2. The van der Waals surface area contributed by atoms with Gasteiger partial charge in [-0.05, 0) is 54.8 Å². The zero-order valence-corrected chi connectivity index (χ0v) is 14.9. The molecule has 1 heterocycles. The summed E-state index contributed by atoms with van der Waals surface area (Å²) >= 11 is 0. The Labute approximate surface area is 157 Å². The molecule has 1 atom stereocenters. The second-order valence-corrected chi connectivity index (χ2v) is 6.34. The largest absolute Gasteiger partial charge is 0.491 e. The molecular weight excluding hydrogens is 346 g/mol. The van der Waals surface area contributed by atoms with Crippen LogP contribution in [-0.2, 0) is 11.3 Å². The van der Waals surface area contributed by atoms with E-state index in [0.717, 1.165) is 30.8 Å². The van der Waals surface area contributed by atoms with Crippen molar-refractivity contribution in [3.8, 4) is 5.75 Å². The lowest BCUT2D eigenvalue weighted by Gasteiger charge is -2.12. The molecule has 2 aromatic carbocycles. The normalized spacial score (nSPS) is 15.9. The van der Waals surface area contributed by atoms with Crippen LogP contribution >= 0.6 is 0 Å². The fourth-order valence-corrected chi connectivity index (χ4v) is 2.80. The van der Waals surface area contributed by atoms with Gasteiger partial charge in [0.1, 0.15) is 12.4 Å². The summed E-state index contributed by atoms with van der Waals surface area (Å²) in [5.41, 5.74) is 7.15. The lowest BCUT2D eigenvalue weighted by atomic mass is 10.1. The van der Waals surface area contributed by atoms with E-state index < -0.39 is 6.03 Å². The van der Waals surface area contributed by atoms with Crippen molar-refractivity contribution < 1.29 is 19.1 Å². The third kappa shape index (κ3) is 5.72. The number of hydrogen-bond acceptors (Lipinski definition) is 4. The van der Waals surface area contributed by atoms with Gasteiger partial charge in [-0.3, -0.25) is 4.79 Å². The smallest absolute Gasteiger partial charge is 0.316 e. The molecule has 7 nitrogen and oxygen atoms in total. The SMILES string of the molecule is NC(=O)Nc1ccc(CNC(=O)c2ccc(OC[C@@H]3CCCO3)cc2)cc1. The zero-order chi connectivity index (χ0) is 19.1. The van der Waals surface area contributed by atoms with Crippen LogP contribution in [0.25, 0.3) is 0 Å². The summed E-state index contributed by atoms with van der Waals surface area (Å²) < 4.78 is 11.2. The van der Waals surface area contributed by atoms with Gasteiger partial charge in [-0.2, -0.15) is 0 Å². The van der Waals surface area contributed by atoms with Crippen LogP contribution in [0.1, 0.15) is 28.8 Å². The monoisotopic (exact) mass is 369 g/mol. The minimum absolute atomic E-state index is 0.164. The van der Waals surface area contributed by atoms with Crippen molar-refractivity contribution in [2.45, 2.75) is 25.5 Å². The van der Waals surface area contributed by atoms with Crippen molar-refractivity contribution in [1.82, 2.24) is 5.32 Å². The number of anilines is 1. The molecule has 27 heavy (non-hydrogen) atoms. The molecule has 142 valence electrons. The summed E-state index contributed by atoms with van der Waals surface area (Å²) in [4.78, 5) is 23.1. The first-order valence-electron chi connectivity index (χ1n) is 8.88. The van der Waals surface area contributed by atoms with E-state index in [2.05, 4.69) is 10.6 Å². The Morgan fingerprint density at radius 1 is 1.11 bits per heavy atom. The molecule has 0 bridgehead atoms. The maximum absolute atomic E-state index is 12.3. The molecule has 1 saturated heterocycles. The van der Waals surface area contributed by atoms with Crippen molar-refractivity contribution >= 4 is 17.6 Å². The Kier molecular flexibility index (Phi) is 6.27. The van der Waals surface area contributed by atoms with Crippen molar-refractivity contribution in [2.24, 2.45) is 5.73 Å². The number of carbonyl (C=O) groups excluding carboxylic acids is 2. The predicted molar refractivity (Wildman–Crippen MR) is 102 cm³/mol. The highest BCUT2D eigenvalue weighted by atomic mass is 16.5. The average molecular weight is 369 g/mol. The second kappa shape index (κ2) is 9.05. The van der Waals surface area contributed by atoms with Crippen LogP contribution in [0.2, 0.25) is 0 Å². The molecule has 0 aliphatic carbocycles. The van der Waals surface area contributed by atoms with Crippen LogP contribution in [0.4, 0.5) is 10.5 Å². The maximum Gasteiger partial charge on any atom is 0.316 e. The highest BCUT2D eigenvalue weighted by Gasteiger charge is 2.16. The van der Waals surface area contributed by atoms with Crippen LogP contribution in [0.5, 0.6) is 5.75 Å². The van der Waals surface area contributed by atoms with E-state index in [1.165, 1.54) is 0 Å². The fraction of sp³-hybridized carbons (Fsp3) is 0.300. The molecule has 3 amide bonds. The van der Waals surface area contributed by atoms with Crippen molar-refractivity contribution in [2.75, 3.05) is 18.5 Å². The van der Waals surface area contributed by atoms with E-state index in [1.807, 2.05) is 12.1 Å². The van der Waals surface area contributed by atoms with E-state index in [4.69, 9.17) is 15.2 Å². The first kappa shape index (κ1) is 18.7. The number of amides is 3. The molecular formula is C20H23N3O4. The average Bonchev–Trinajstić information content (AvgIpc) is 3.19. The number of benzene rings is 2. The van der Waals surface area contributed by atoms with Gasteiger partial charge in [0.25, 0.3) is 5.91 Å². The number of rotatable bonds is 7. The summed E-state index contributed by atoms with van der Waals surface area (Å²) in [5.74, 6) is 0.555. The van der Waals surface area contributed by atoms with Gasteiger partial charge in [-0.25, -0.2) is 4.79 Å². The Morgan fingerprint density at radius 3 is 2.48 bits per heavy atom. The Morgan fingerprint density at radius 2 is 1.85 bits per heavy atom. The van der Waals surface area contributed by atoms with Crippen molar-refractivity contribution in [3.63, 3.8) is 0 Å². The van der Waals surface area contributed by atoms with Crippen molar-refractivity contribution in [1.29, 1.82) is 0 Å². The third-order valence-corrected chi connectivity index (χ3v) is 4.25. The summed E-state index contributed by atoms with van der Waals surface area (Å²) in [6.07, 6.45) is 2.27. The first-order chi connectivity index (χ1) is 13.1. The van der Waals surface area contributed by atoms with Crippen LogP contribution in [0, 0.1) is 0 Å². The molecule has 1 fully saturated rings. The van der Waals surface area contributed by atoms with Gasteiger partial charge < -0.3 is 25.8 Å². The van der Waals surface area contributed by atoms with Gasteiger partial charge in [-0.1, -0.05) is 12.1 Å². The number of primary amides is 1. The first-order valence-corrected chi connectivity index (χ1v) is 8.88. The molecule has 0 aromatic heterocycles. The molecule has 1 aliphatic rings. The molecule has 3 rings (SSSR count). The molecule has 1 aliphatic heterocycles. The van der Waals surface area contributed by atoms with E-state index in [1.54, 1.807) is 36.4 Å². The standard InChI is InChI=1S/C20H23N3O4/c21-20(25)23-16-7-3-14(4-8-16)12-22-19(24)15-5-9-17(10-6-15)27-13-18-2-1-11-26-18/h3-10,18H,1-2,11-13H2,(H,22,24)(H3,21,23,25)/t18-/m0/s1. The van der Waals surface area contributed by atoms with Gasteiger partial charge >= 0.3 is 6.03 Å². The number of nitrogens with two attached hydrogens (primary N) is 1. The third-order valence-electron chi connectivity index (χ3n) is 4.25. The molecule has 4 N–H and O–H groups in total. The topological polar surface area (TPSA) is 103 Å². The molecule has 0 spiro atoms. The van der Waals surface area contributed by atoms with Gasteiger partial charge in [-0.15, -0.1) is 0 Å². The molecule has 0 unspecified atom stereocenters. The molecule has 0 saturated carbocycles. The van der Waals surface area contributed by atoms with Crippen LogP contribution in [0.3, 0.4) is 0 Å². The van der Waals surface area contributed by atoms with Crippen LogP contribution < -0.4 is 21.1 Å². The lowest BCUT2D eigenvalue weighted by molar-refractivity contribution is 0.0679. The van der Waals surface area contributed by atoms with E-state index >= 15 is 0 Å². The second-order valence-electron chi connectivity index (χ2n) is 6.34. The van der Waals surface area contributed by atoms with Crippen molar-refractivity contribution in [3.05, 3.63) is 59.7 Å². The summed E-state index contributed by atoms with van der Waals surface area (Å²) in [7, 11) is 0. The highest BCUT2D eigenvalue weighted by molar-refractivity contribution is 5.94. The fourth-order valence-electron chi connectivity index (χ4n) is 2.80. The highest BCUT2D eigenvalue weighted by Crippen LogP contribution is 2.17. The Balaban J connectivity index is 1.46. The van der Waals surface area contributed by atoms with Gasteiger partial charge in [0, 0.05) is 24.4 Å². The Hall–Kier alpha value is -3.06. The maximum atomic E-state index is 12.3. The minimum atomic E-state index is -0.612. The van der Waals surface area contributed by atoms with Gasteiger partial charge in [0.05, 0.1) is 6.10 Å². The number of urea groups is 1. The molecule has 7 heteroatoms. The van der Waals surface area contributed by atoms with E-state index in [-0.39, 0.29) is 12.0 Å². The lowest BCUT2D eigenvalue weighted by Crippen LogP contribution is -2.23. The summed E-state index contributed by atoms with van der Waals surface area (Å²) in [5, 5.41) is 5.35. The zero-order valence-electron chi connectivity index (χ0n) is 14.9. The summed E-state index contributed by atoms with van der Waals surface area (Å²) in [6, 6.07) is 13.5. The number of carbonyl (C=O) groups is 2. The molecule has 0 radical (unpaired) electrons. The number of nitrogens with one attached hydrogen (secondary N) is 2. The quantitative estimate of drug-likeness (QED) is 0.698. The number of hydrogen-bond donors (Lipinski definition) is 3. The molecule has 2 aromatic rings. The Bertz CT molecular complexity index is 769. The minimum Gasteiger partial charge on any atom is -0.491 e. The van der Waals surface area contributed by atoms with Gasteiger partial charge in [0.15, 0.2) is 0 Å². The van der Waals surface area contributed by atoms with E-state index in [9.17, 15) is 9.59 Å². The van der Waals surface area contributed by atoms with Gasteiger partial charge in [0.2, 0.25) is 0 Å². The van der Waals surface area contributed by atoms with Crippen LogP contribution in [-0.4, -0.2) is 31.3 Å². The predicted octanol–water partition coefficient (Wildman–Crippen LogP) is 2.67. The summed E-state index contributed by atoms with van der Waals surface area (Å²) in [6.45, 7) is 1.72.